The van der Waals surface area contributed by atoms with Crippen LogP contribution in [0, 0.1) is 0 Å². The number of ether oxygens (including phenoxy) is 1. The molecule has 23 heavy (non-hydrogen) atoms. The summed E-state index contributed by atoms with van der Waals surface area (Å²) < 4.78 is 5.43. The number of carbonyl (C=O) groups is 1. The molecular weight excluding hydrogens is 290 g/mol. The van der Waals surface area contributed by atoms with E-state index in [9.17, 15) is 4.79 Å². The van der Waals surface area contributed by atoms with Gasteiger partial charge in [-0.1, -0.05) is 50.5 Å². The molecule has 0 atom stereocenters. The fourth-order valence-electron chi connectivity index (χ4n) is 1.98. The normalized spacial score (nSPS) is 11.2. The number of carboxylic acids is 1. The Balaban J connectivity index is 3.39. The Kier molecular flexibility index (Phi) is 15.4. The molecule has 4 nitrogen and oxygen atoms in total. The van der Waals surface area contributed by atoms with E-state index < -0.39 is 5.97 Å². The standard InChI is InChI=1S/C19H33NO3/c1-3-4-5-6-7-8-9-10-13-16-20-18(2)23-17-14-11-12-15-19(21)22/h8-10,13,20H,2-7,11-12,14-17H2,1H3,(H,21,22)/b9-8+,13-10-. The van der Waals surface area contributed by atoms with Gasteiger partial charge in [-0.15, -0.1) is 0 Å². The summed E-state index contributed by atoms with van der Waals surface area (Å²) in [5.74, 6) is -0.171. The predicted octanol–water partition coefficient (Wildman–Crippen LogP) is 4.79. The quantitative estimate of drug-likeness (QED) is 0.243. The summed E-state index contributed by atoms with van der Waals surface area (Å²) in [7, 11) is 0. The monoisotopic (exact) mass is 323 g/mol. The first kappa shape index (κ1) is 21.3. The van der Waals surface area contributed by atoms with Gasteiger partial charge in [0.05, 0.1) is 6.61 Å². The van der Waals surface area contributed by atoms with Gasteiger partial charge in [0, 0.05) is 13.0 Å². The van der Waals surface area contributed by atoms with E-state index in [1.807, 2.05) is 12.2 Å². The maximum absolute atomic E-state index is 10.3. The van der Waals surface area contributed by atoms with Crippen molar-refractivity contribution >= 4 is 5.97 Å². The number of nitrogens with one attached hydrogen (secondary N) is 1. The van der Waals surface area contributed by atoms with Crippen LogP contribution in [-0.2, 0) is 9.53 Å². The number of allylic oxidation sites excluding steroid dienone is 3. The van der Waals surface area contributed by atoms with Crippen LogP contribution in [0.1, 0.15) is 64.7 Å². The minimum atomic E-state index is -0.737. The number of aliphatic carboxylic acids is 1. The fraction of sp³-hybridized carbons (Fsp3) is 0.632. The van der Waals surface area contributed by atoms with Crippen LogP contribution in [0.2, 0.25) is 0 Å². The molecule has 0 saturated carbocycles. The van der Waals surface area contributed by atoms with Crippen LogP contribution >= 0.6 is 0 Å². The van der Waals surface area contributed by atoms with Crippen molar-refractivity contribution in [1.29, 1.82) is 0 Å². The number of unbranched alkanes of at least 4 members (excludes halogenated alkanes) is 6. The second kappa shape index (κ2) is 16.7. The zero-order chi connectivity index (χ0) is 17.2. The first-order valence-electron chi connectivity index (χ1n) is 8.75. The molecule has 132 valence electrons. The van der Waals surface area contributed by atoms with E-state index >= 15 is 0 Å². The lowest BCUT2D eigenvalue weighted by molar-refractivity contribution is -0.137. The molecule has 0 saturated heterocycles. The Morgan fingerprint density at radius 3 is 2.57 bits per heavy atom. The van der Waals surface area contributed by atoms with Crippen LogP contribution in [0.4, 0.5) is 0 Å². The summed E-state index contributed by atoms with van der Waals surface area (Å²) in [6.45, 7) is 7.29. The zero-order valence-corrected chi connectivity index (χ0v) is 14.6. The summed E-state index contributed by atoms with van der Waals surface area (Å²) in [5, 5.41) is 11.6. The zero-order valence-electron chi connectivity index (χ0n) is 14.6. The van der Waals surface area contributed by atoms with Gasteiger partial charge in [0.15, 0.2) is 5.88 Å². The second-order valence-electron chi connectivity index (χ2n) is 5.56. The molecule has 0 unspecified atom stereocenters. The molecule has 0 aliphatic heterocycles. The molecule has 0 aliphatic carbocycles. The van der Waals surface area contributed by atoms with Crippen molar-refractivity contribution in [2.45, 2.75) is 64.7 Å². The SMILES string of the molecule is C=C(NC/C=C\C=C\CCCCCC)OCCCCCC(=O)O. The summed E-state index contributed by atoms with van der Waals surface area (Å²) in [4.78, 5) is 10.3. The fourth-order valence-corrected chi connectivity index (χ4v) is 1.98. The van der Waals surface area contributed by atoms with Crippen LogP contribution in [-0.4, -0.2) is 24.2 Å². The molecule has 0 fully saturated rings. The smallest absolute Gasteiger partial charge is 0.303 e. The highest BCUT2D eigenvalue weighted by atomic mass is 16.5. The minimum absolute atomic E-state index is 0.232. The van der Waals surface area contributed by atoms with Gasteiger partial charge in [-0.3, -0.25) is 4.79 Å². The number of rotatable bonds is 16. The molecule has 2 N–H and O–H groups in total. The number of carboxylic acid groups (broad SMARTS) is 1. The Hall–Kier alpha value is -1.71. The van der Waals surface area contributed by atoms with Gasteiger partial charge in [-0.25, -0.2) is 0 Å². The average molecular weight is 323 g/mol. The molecule has 0 aromatic rings. The number of hydrogen-bond acceptors (Lipinski definition) is 3. The molecular formula is C19H33NO3. The Morgan fingerprint density at radius 1 is 1.09 bits per heavy atom. The summed E-state index contributed by atoms with van der Waals surface area (Å²) in [6, 6.07) is 0. The van der Waals surface area contributed by atoms with Gasteiger partial charge in [0.2, 0.25) is 0 Å². The summed E-state index contributed by atoms with van der Waals surface area (Å²) in [5.41, 5.74) is 0. The van der Waals surface area contributed by atoms with Gasteiger partial charge in [0.25, 0.3) is 0 Å². The van der Waals surface area contributed by atoms with Crippen molar-refractivity contribution in [3.63, 3.8) is 0 Å². The highest BCUT2D eigenvalue weighted by Gasteiger charge is 1.97. The Morgan fingerprint density at radius 2 is 1.83 bits per heavy atom. The third-order valence-corrected chi connectivity index (χ3v) is 3.34. The van der Waals surface area contributed by atoms with Crippen molar-refractivity contribution in [1.82, 2.24) is 5.32 Å². The van der Waals surface area contributed by atoms with Gasteiger partial charge < -0.3 is 15.2 Å². The molecule has 0 rings (SSSR count). The van der Waals surface area contributed by atoms with E-state index in [4.69, 9.17) is 9.84 Å². The lowest BCUT2D eigenvalue weighted by atomic mass is 10.1. The average Bonchev–Trinajstić information content (AvgIpc) is 2.52. The molecule has 0 bridgehead atoms. The highest BCUT2D eigenvalue weighted by Crippen LogP contribution is 2.03. The van der Waals surface area contributed by atoms with Gasteiger partial charge in [-0.05, 0) is 38.7 Å². The van der Waals surface area contributed by atoms with Crippen LogP contribution in [0.3, 0.4) is 0 Å². The van der Waals surface area contributed by atoms with Crippen LogP contribution in [0.15, 0.2) is 36.8 Å². The molecule has 0 radical (unpaired) electrons. The van der Waals surface area contributed by atoms with Crippen molar-refractivity contribution in [3.05, 3.63) is 36.8 Å². The van der Waals surface area contributed by atoms with E-state index in [2.05, 4.69) is 31.0 Å². The van der Waals surface area contributed by atoms with Crippen molar-refractivity contribution in [2.24, 2.45) is 0 Å². The lowest BCUT2D eigenvalue weighted by Gasteiger charge is -2.09. The first-order chi connectivity index (χ1) is 11.2. The van der Waals surface area contributed by atoms with E-state index in [1.165, 1.54) is 25.7 Å². The van der Waals surface area contributed by atoms with E-state index in [0.717, 1.165) is 19.3 Å². The van der Waals surface area contributed by atoms with Crippen LogP contribution < -0.4 is 5.32 Å². The molecule has 0 aromatic heterocycles. The lowest BCUT2D eigenvalue weighted by Crippen LogP contribution is -2.15. The van der Waals surface area contributed by atoms with Crippen molar-refractivity contribution < 1.29 is 14.6 Å². The van der Waals surface area contributed by atoms with Crippen molar-refractivity contribution in [3.8, 4) is 0 Å². The van der Waals surface area contributed by atoms with Gasteiger partial charge in [-0.2, -0.15) is 0 Å². The minimum Gasteiger partial charge on any atom is -0.481 e. The largest absolute Gasteiger partial charge is 0.481 e. The number of hydrogen-bond donors (Lipinski definition) is 2. The Labute approximate surface area is 141 Å². The molecule has 0 aromatic carbocycles. The predicted molar refractivity (Wildman–Crippen MR) is 96.2 cm³/mol. The van der Waals surface area contributed by atoms with Crippen LogP contribution in [0.5, 0.6) is 0 Å². The highest BCUT2D eigenvalue weighted by molar-refractivity contribution is 5.66. The van der Waals surface area contributed by atoms with E-state index in [-0.39, 0.29) is 6.42 Å². The van der Waals surface area contributed by atoms with Crippen LogP contribution in [0.25, 0.3) is 0 Å². The van der Waals surface area contributed by atoms with Gasteiger partial charge >= 0.3 is 5.97 Å². The molecule has 0 amide bonds. The van der Waals surface area contributed by atoms with Gasteiger partial charge in [0.1, 0.15) is 0 Å². The molecule has 4 heteroatoms. The maximum atomic E-state index is 10.3. The van der Waals surface area contributed by atoms with E-state index in [0.29, 0.717) is 25.5 Å². The second-order valence-corrected chi connectivity index (χ2v) is 5.56. The third kappa shape index (κ3) is 18.2. The molecule has 0 spiro atoms. The first-order valence-corrected chi connectivity index (χ1v) is 8.75. The Bertz CT molecular complexity index is 362. The third-order valence-electron chi connectivity index (χ3n) is 3.34. The summed E-state index contributed by atoms with van der Waals surface area (Å²) >= 11 is 0. The summed E-state index contributed by atoms with van der Waals surface area (Å²) in [6.07, 6.45) is 17.3. The van der Waals surface area contributed by atoms with E-state index in [1.54, 1.807) is 0 Å². The maximum Gasteiger partial charge on any atom is 0.303 e. The molecule has 0 heterocycles. The molecule has 0 aliphatic rings. The van der Waals surface area contributed by atoms with Crippen molar-refractivity contribution in [2.75, 3.05) is 13.2 Å². The topological polar surface area (TPSA) is 58.6 Å².